The lowest BCUT2D eigenvalue weighted by atomic mass is 9.95. The number of allylic oxidation sites excluding steroid dienone is 1. The first kappa shape index (κ1) is 28.1. The minimum atomic E-state index is -0.669. The normalized spacial score (nSPS) is 24.4. The molecule has 1 unspecified atom stereocenters. The van der Waals surface area contributed by atoms with Gasteiger partial charge in [-0.25, -0.2) is 0 Å². The number of halogens is 1. The summed E-state index contributed by atoms with van der Waals surface area (Å²) in [5.41, 5.74) is 0. The van der Waals surface area contributed by atoms with Crippen molar-refractivity contribution in [2.24, 2.45) is 5.92 Å². The molecule has 0 amide bonds. The maximum absolute atomic E-state index is 11.6. The second-order valence-corrected chi connectivity index (χ2v) is 9.01. The van der Waals surface area contributed by atoms with Gasteiger partial charge in [-0.15, -0.1) is 0 Å². The molecule has 1 rings (SSSR count). The number of carbonyl (C=O) groups excluding carboxylic acids is 2. The Hall–Kier alpha value is -0.920. The minimum absolute atomic E-state index is 0.142. The molecule has 1 saturated heterocycles. The highest BCUT2D eigenvalue weighted by Gasteiger charge is 2.48. The van der Waals surface area contributed by atoms with Crippen LogP contribution < -0.4 is 0 Å². The van der Waals surface area contributed by atoms with Crippen LogP contribution in [-0.4, -0.2) is 48.5 Å². The van der Waals surface area contributed by atoms with Crippen molar-refractivity contribution in [3.05, 3.63) is 12.2 Å². The van der Waals surface area contributed by atoms with Crippen LogP contribution >= 0.6 is 15.9 Å². The molecule has 0 aromatic heterocycles. The van der Waals surface area contributed by atoms with Gasteiger partial charge in [0.25, 0.3) is 0 Å². The van der Waals surface area contributed by atoms with Gasteiger partial charge in [0.2, 0.25) is 0 Å². The second-order valence-electron chi connectivity index (χ2n) is 8.22. The van der Waals surface area contributed by atoms with Gasteiger partial charge in [-0.05, 0) is 25.7 Å². The Bertz CT molecular complexity index is 538. The molecule has 0 aromatic rings. The maximum atomic E-state index is 11.6. The zero-order valence-electron chi connectivity index (χ0n) is 19.6. The molecular weight excluding hydrogens is 464 g/mol. The molecule has 5 atom stereocenters. The van der Waals surface area contributed by atoms with E-state index in [2.05, 4.69) is 22.0 Å². The number of esters is 2. The van der Waals surface area contributed by atoms with E-state index in [0.717, 1.165) is 11.8 Å². The maximum Gasteiger partial charge on any atom is 0.303 e. The van der Waals surface area contributed by atoms with Crippen molar-refractivity contribution in [2.45, 2.75) is 110 Å². The fourth-order valence-corrected chi connectivity index (χ4v) is 4.28. The van der Waals surface area contributed by atoms with E-state index in [1.54, 1.807) is 0 Å². The highest BCUT2D eigenvalue weighted by atomic mass is 79.9. The summed E-state index contributed by atoms with van der Waals surface area (Å²) >= 11 is 3.47. The molecule has 0 spiro atoms. The molecule has 1 fully saturated rings. The molecule has 0 radical (unpaired) electrons. The van der Waals surface area contributed by atoms with Crippen LogP contribution in [0, 0.1) is 5.92 Å². The minimum Gasteiger partial charge on any atom is -0.460 e. The zero-order chi connectivity index (χ0) is 23.1. The average Bonchev–Trinajstić information content (AvgIpc) is 3.02. The lowest BCUT2D eigenvalue weighted by molar-refractivity contribution is -0.192. The highest BCUT2D eigenvalue weighted by molar-refractivity contribution is 9.09. The van der Waals surface area contributed by atoms with Crippen LogP contribution in [0.25, 0.3) is 0 Å². The van der Waals surface area contributed by atoms with E-state index in [-0.39, 0.29) is 24.0 Å². The molecule has 1 aliphatic heterocycles. The summed E-state index contributed by atoms with van der Waals surface area (Å²) in [5, 5.41) is 1.11. The average molecular weight is 505 g/mol. The molecule has 0 bridgehead atoms. The van der Waals surface area contributed by atoms with E-state index in [1.807, 2.05) is 19.9 Å². The number of alkyl halides is 1. The number of rotatable bonds is 16. The van der Waals surface area contributed by atoms with Gasteiger partial charge in [-0.3, -0.25) is 9.59 Å². The molecule has 180 valence electrons. The van der Waals surface area contributed by atoms with Gasteiger partial charge in [0, 0.05) is 25.1 Å². The molecule has 7 heteroatoms. The van der Waals surface area contributed by atoms with Gasteiger partial charge >= 0.3 is 11.9 Å². The third-order valence-electron chi connectivity index (χ3n) is 5.51. The lowest BCUT2D eigenvalue weighted by Crippen LogP contribution is -2.36. The van der Waals surface area contributed by atoms with Crippen molar-refractivity contribution in [1.82, 2.24) is 0 Å². The van der Waals surface area contributed by atoms with Gasteiger partial charge < -0.3 is 18.9 Å². The topological polar surface area (TPSA) is 71.1 Å². The van der Waals surface area contributed by atoms with Crippen molar-refractivity contribution in [2.75, 3.05) is 11.9 Å². The summed E-state index contributed by atoms with van der Waals surface area (Å²) in [5.74, 6) is -0.868. The Balaban J connectivity index is 2.39. The monoisotopic (exact) mass is 504 g/mol. The zero-order valence-corrected chi connectivity index (χ0v) is 21.2. The second kappa shape index (κ2) is 16.7. The van der Waals surface area contributed by atoms with Gasteiger partial charge in [0.05, 0.1) is 6.61 Å². The van der Waals surface area contributed by atoms with E-state index in [0.29, 0.717) is 13.0 Å². The number of hydrogen-bond acceptors (Lipinski definition) is 6. The molecular formula is C24H41BrO6. The highest BCUT2D eigenvalue weighted by Crippen LogP contribution is 2.34. The van der Waals surface area contributed by atoms with Gasteiger partial charge in [0.1, 0.15) is 12.2 Å². The third kappa shape index (κ3) is 11.5. The smallest absolute Gasteiger partial charge is 0.303 e. The quantitative estimate of drug-likeness (QED) is 0.116. The van der Waals surface area contributed by atoms with Crippen LogP contribution in [0.2, 0.25) is 0 Å². The fourth-order valence-electron chi connectivity index (χ4n) is 3.88. The van der Waals surface area contributed by atoms with Crippen molar-refractivity contribution >= 4 is 27.9 Å². The van der Waals surface area contributed by atoms with Crippen LogP contribution in [0.15, 0.2) is 12.2 Å². The van der Waals surface area contributed by atoms with E-state index in [4.69, 9.17) is 18.9 Å². The lowest BCUT2D eigenvalue weighted by Gasteiger charge is -2.25. The molecule has 0 aliphatic carbocycles. The Morgan fingerprint density at radius 3 is 2.23 bits per heavy atom. The standard InChI is InChI=1S/C24H41BrO6/c1-5-21(29-19(3)26)22-18(2)23(30-20(4)27)24(31-22)28-17-15-13-11-9-7-6-8-10-12-14-16-25/h13,15,18,21-24H,5-12,14,16-17H2,1-4H3/b15-13+/t18?,21-,22-,23+,24-/m1/s1. The SMILES string of the molecule is CC[C@@H](OC(C)=O)[C@@H]1O[C@@H](OC/C=C/CCCCCCCCCBr)[C@@H](OC(C)=O)C1C. The van der Waals surface area contributed by atoms with Crippen LogP contribution in [0.5, 0.6) is 0 Å². The van der Waals surface area contributed by atoms with Gasteiger partial charge in [-0.2, -0.15) is 0 Å². The van der Waals surface area contributed by atoms with Crippen LogP contribution in [0.1, 0.15) is 85.5 Å². The first-order valence-corrected chi connectivity index (χ1v) is 12.8. The Morgan fingerprint density at radius 1 is 1.00 bits per heavy atom. The molecule has 6 nitrogen and oxygen atoms in total. The Labute approximate surface area is 196 Å². The molecule has 0 N–H and O–H groups in total. The number of hydrogen-bond donors (Lipinski definition) is 0. The summed E-state index contributed by atoms with van der Waals surface area (Å²) in [4.78, 5) is 23.0. The molecule has 31 heavy (non-hydrogen) atoms. The van der Waals surface area contributed by atoms with E-state index in [9.17, 15) is 9.59 Å². The van der Waals surface area contributed by atoms with E-state index < -0.39 is 18.5 Å². The number of carbonyl (C=O) groups is 2. The first-order chi connectivity index (χ1) is 14.9. The van der Waals surface area contributed by atoms with Crippen LogP contribution in [0.4, 0.5) is 0 Å². The molecule has 1 aliphatic rings. The van der Waals surface area contributed by atoms with Crippen molar-refractivity contribution in [3.63, 3.8) is 0 Å². The van der Waals surface area contributed by atoms with Crippen molar-refractivity contribution < 1.29 is 28.5 Å². The molecule has 1 heterocycles. The Kier molecular flexibility index (Phi) is 15.1. The number of ether oxygens (including phenoxy) is 4. The van der Waals surface area contributed by atoms with Crippen LogP contribution in [0.3, 0.4) is 0 Å². The summed E-state index contributed by atoms with van der Waals surface area (Å²) in [7, 11) is 0. The summed E-state index contributed by atoms with van der Waals surface area (Å²) in [6.07, 6.45) is 12.8. The summed E-state index contributed by atoms with van der Waals surface area (Å²) < 4.78 is 22.8. The third-order valence-corrected chi connectivity index (χ3v) is 6.07. The molecule has 0 aromatic carbocycles. The number of unbranched alkanes of at least 4 members (excludes halogenated alkanes) is 7. The fraction of sp³-hybridized carbons (Fsp3) is 0.833. The van der Waals surface area contributed by atoms with Gasteiger partial charge in [-0.1, -0.05) is 74.0 Å². The van der Waals surface area contributed by atoms with Crippen molar-refractivity contribution in [3.8, 4) is 0 Å². The van der Waals surface area contributed by atoms with Gasteiger partial charge in [0.15, 0.2) is 12.4 Å². The van der Waals surface area contributed by atoms with Crippen LogP contribution in [-0.2, 0) is 28.5 Å². The Morgan fingerprint density at radius 2 is 1.65 bits per heavy atom. The van der Waals surface area contributed by atoms with E-state index >= 15 is 0 Å². The predicted molar refractivity (Wildman–Crippen MR) is 125 cm³/mol. The summed E-state index contributed by atoms with van der Waals surface area (Å²) in [6, 6.07) is 0. The largest absolute Gasteiger partial charge is 0.460 e. The molecule has 0 saturated carbocycles. The predicted octanol–water partition coefficient (Wildman–Crippen LogP) is 5.71. The first-order valence-electron chi connectivity index (χ1n) is 11.7. The summed E-state index contributed by atoms with van der Waals surface area (Å²) in [6.45, 7) is 7.02. The van der Waals surface area contributed by atoms with Crippen molar-refractivity contribution in [1.29, 1.82) is 0 Å². The van der Waals surface area contributed by atoms with E-state index in [1.165, 1.54) is 58.8 Å².